The van der Waals surface area contributed by atoms with Gasteiger partial charge in [-0.2, -0.15) is 0 Å². The molecular weight excluding hydrogens is 491 g/mol. The molecule has 1 aliphatic heterocycles. The Hall–Kier alpha value is -2.95. The maximum Gasteiger partial charge on any atom is 0.363 e. The number of carbonyl (C=O) groups is 1. The SMILES string of the molecule is CCOc1cc(/C=C2\N=C(c3cccc([N+](=O)[O-])c3)OC2=O)cc(I)c1OCC. The Morgan fingerprint density at radius 3 is 2.66 bits per heavy atom. The van der Waals surface area contributed by atoms with Gasteiger partial charge in [-0.25, -0.2) is 9.79 Å². The van der Waals surface area contributed by atoms with Crippen molar-refractivity contribution in [3.8, 4) is 11.5 Å². The molecule has 0 aliphatic carbocycles. The maximum absolute atomic E-state index is 12.2. The van der Waals surface area contributed by atoms with Gasteiger partial charge in [-0.3, -0.25) is 10.1 Å². The number of halogens is 1. The van der Waals surface area contributed by atoms with Crippen LogP contribution in [0.15, 0.2) is 47.1 Å². The first-order chi connectivity index (χ1) is 13.9. The van der Waals surface area contributed by atoms with Gasteiger partial charge in [-0.05, 0) is 66.3 Å². The molecule has 2 aromatic rings. The summed E-state index contributed by atoms with van der Waals surface area (Å²) >= 11 is 2.14. The number of esters is 1. The number of aliphatic imine (C=N–C) groups is 1. The van der Waals surface area contributed by atoms with E-state index in [4.69, 9.17) is 14.2 Å². The number of benzene rings is 2. The Bertz CT molecular complexity index is 1030. The van der Waals surface area contributed by atoms with E-state index in [1.165, 1.54) is 18.2 Å². The highest BCUT2D eigenvalue weighted by molar-refractivity contribution is 14.1. The first kappa shape index (κ1) is 20.8. The summed E-state index contributed by atoms with van der Waals surface area (Å²) in [6, 6.07) is 9.37. The molecule has 29 heavy (non-hydrogen) atoms. The molecule has 0 saturated heterocycles. The van der Waals surface area contributed by atoms with Crippen molar-refractivity contribution in [3.63, 3.8) is 0 Å². The number of nitrogens with zero attached hydrogens (tertiary/aromatic N) is 2. The molecule has 0 radical (unpaired) electrons. The summed E-state index contributed by atoms with van der Waals surface area (Å²) in [5.41, 5.74) is 1.03. The second kappa shape index (κ2) is 9.03. The molecule has 3 rings (SSSR count). The van der Waals surface area contributed by atoms with E-state index in [9.17, 15) is 14.9 Å². The van der Waals surface area contributed by atoms with E-state index in [0.717, 1.165) is 3.57 Å². The first-order valence-corrected chi connectivity index (χ1v) is 9.87. The van der Waals surface area contributed by atoms with Crippen LogP contribution in [-0.4, -0.2) is 30.0 Å². The van der Waals surface area contributed by atoms with Crippen LogP contribution in [0.25, 0.3) is 6.08 Å². The van der Waals surface area contributed by atoms with Crippen molar-refractivity contribution in [2.45, 2.75) is 13.8 Å². The highest BCUT2D eigenvalue weighted by atomic mass is 127. The Kier molecular flexibility index (Phi) is 6.47. The zero-order chi connectivity index (χ0) is 21.0. The van der Waals surface area contributed by atoms with Crippen LogP contribution in [0.2, 0.25) is 0 Å². The van der Waals surface area contributed by atoms with Gasteiger partial charge in [0.05, 0.1) is 21.7 Å². The fourth-order valence-corrected chi connectivity index (χ4v) is 3.44. The standard InChI is InChI=1S/C20H17IN2O6/c1-3-27-17-10-12(8-15(21)18(17)28-4-2)9-16-20(24)29-19(22-16)13-6-5-7-14(11-13)23(25)26/h5-11H,3-4H2,1-2H3/b16-9-. The molecule has 1 heterocycles. The van der Waals surface area contributed by atoms with E-state index in [-0.39, 0.29) is 17.3 Å². The molecule has 1 aliphatic rings. The van der Waals surface area contributed by atoms with Crippen LogP contribution in [0, 0.1) is 13.7 Å². The number of nitro benzene ring substituents is 1. The molecule has 0 saturated carbocycles. The number of hydrogen-bond acceptors (Lipinski definition) is 7. The fraction of sp³-hybridized carbons (Fsp3) is 0.200. The summed E-state index contributed by atoms with van der Waals surface area (Å²) < 4.78 is 17.3. The van der Waals surface area contributed by atoms with Gasteiger partial charge in [0, 0.05) is 17.7 Å². The van der Waals surface area contributed by atoms with E-state index in [1.807, 2.05) is 19.9 Å². The van der Waals surface area contributed by atoms with E-state index >= 15 is 0 Å². The van der Waals surface area contributed by atoms with E-state index < -0.39 is 10.9 Å². The van der Waals surface area contributed by atoms with Gasteiger partial charge >= 0.3 is 5.97 Å². The topological polar surface area (TPSA) is 100 Å². The molecule has 0 bridgehead atoms. The predicted octanol–water partition coefficient (Wildman–Crippen LogP) is 4.34. The van der Waals surface area contributed by atoms with E-state index in [1.54, 1.807) is 18.2 Å². The number of nitro groups is 1. The van der Waals surface area contributed by atoms with Crippen LogP contribution in [0.5, 0.6) is 11.5 Å². The molecule has 0 atom stereocenters. The van der Waals surface area contributed by atoms with Gasteiger partial charge in [-0.1, -0.05) is 6.07 Å². The molecule has 0 spiro atoms. The number of rotatable bonds is 7. The van der Waals surface area contributed by atoms with Crippen LogP contribution in [-0.2, 0) is 9.53 Å². The van der Waals surface area contributed by atoms with E-state index in [2.05, 4.69) is 27.6 Å². The maximum atomic E-state index is 12.2. The fourth-order valence-electron chi connectivity index (χ4n) is 2.66. The summed E-state index contributed by atoms with van der Waals surface area (Å²) in [5, 5.41) is 11.0. The molecular formula is C20H17IN2O6. The second-order valence-electron chi connectivity index (χ2n) is 5.84. The Morgan fingerprint density at radius 2 is 1.97 bits per heavy atom. The van der Waals surface area contributed by atoms with E-state index in [0.29, 0.717) is 35.8 Å². The number of hydrogen-bond donors (Lipinski definition) is 0. The summed E-state index contributed by atoms with van der Waals surface area (Å²) in [7, 11) is 0. The Morgan fingerprint density at radius 1 is 1.21 bits per heavy atom. The van der Waals surface area contributed by atoms with Gasteiger partial charge in [0.2, 0.25) is 5.90 Å². The third-order valence-electron chi connectivity index (χ3n) is 3.85. The van der Waals surface area contributed by atoms with Crippen LogP contribution in [0.3, 0.4) is 0 Å². The molecule has 0 unspecified atom stereocenters. The Labute approximate surface area is 180 Å². The molecule has 0 amide bonds. The zero-order valence-electron chi connectivity index (χ0n) is 15.7. The van der Waals surface area contributed by atoms with Crippen LogP contribution in [0.1, 0.15) is 25.0 Å². The summed E-state index contributed by atoms with van der Waals surface area (Å²) in [5.74, 6) is 0.609. The van der Waals surface area contributed by atoms with Crippen molar-refractivity contribution in [1.82, 2.24) is 0 Å². The van der Waals surface area contributed by atoms with Gasteiger partial charge in [0.1, 0.15) is 0 Å². The minimum Gasteiger partial charge on any atom is -0.490 e. The zero-order valence-corrected chi connectivity index (χ0v) is 17.8. The molecule has 0 fully saturated rings. The van der Waals surface area contributed by atoms with Gasteiger partial charge in [0.25, 0.3) is 5.69 Å². The minimum absolute atomic E-state index is 0.0237. The lowest BCUT2D eigenvalue weighted by Gasteiger charge is -2.13. The second-order valence-corrected chi connectivity index (χ2v) is 7.00. The van der Waals surface area contributed by atoms with Crippen molar-refractivity contribution in [2.75, 3.05) is 13.2 Å². The lowest BCUT2D eigenvalue weighted by molar-refractivity contribution is -0.384. The summed E-state index contributed by atoms with van der Waals surface area (Å²) in [6.07, 6.45) is 1.58. The van der Waals surface area contributed by atoms with Crippen LogP contribution in [0.4, 0.5) is 5.69 Å². The molecule has 0 aromatic heterocycles. The minimum atomic E-state index is -0.631. The first-order valence-electron chi connectivity index (χ1n) is 8.79. The van der Waals surface area contributed by atoms with Crippen molar-refractivity contribution in [1.29, 1.82) is 0 Å². The van der Waals surface area contributed by atoms with Crippen LogP contribution < -0.4 is 9.47 Å². The third kappa shape index (κ3) is 4.73. The highest BCUT2D eigenvalue weighted by Gasteiger charge is 2.25. The van der Waals surface area contributed by atoms with Gasteiger partial charge in [-0.15, -0.1) is 0 Å². The predicted molar refractivity (Wildman–Crippen MR) is 115 cm³/mol. The lowest BCUT2D eigenvalue weighted by atomic mass is 10.1. The normalized spacial score (nSPS) is 14.5. The smallest absolute Gasteiger partial charge is 0.363 e. The number of ether oxygens (including phenoxy) is 3. The largest absolute Gasteiger partial charge is 0.490 e. The van der Waals surface area contributed by atoms with Gasteiger partial charge < -0.3 is 14.2 Å². The highest BCUT2D eigenvalue weighted by Crippen LogP contribution is 2.35. The number of non-ortho nitro benzene ring substituents is 1. The monoisotopic (exact) mass is 508 g/mol. The average molecular weight is 508 g/mol. The molecule has 9 heteroatoms. The van der Waals surface area contributed by atoms with Crippen molar-refractivity contribution < 1.29 is 23.9 Å². The van der Waals surface area contributed by atoms with Crippen LogP contribution >= 0.6 is 22.6 Å². The quantitative estimate of drug-likeness (QED) is 0.181. The Balaban J connectivity index is 1.97. The summed E-state index contributed by atoms with van der Waals surface area (Å²) in [4.78, 5) is 26.9. The van der Waals surface area contributed by atoms with Crippen molar-refractivity contribution >= 4 is 46.2 Å². The van der Waals surface area contributed by atoms with Crippen molar-refractivity contribution in [2.24, 2.45) is 4.99 Å². The number of cyclic esters (lactones) is 1. The molecule has 8 nitrogen and oxygen atoms in total. The van der Waals surface area contributed by atoms with Gasteiger partial charge in [0.15, 0.2) is 17.2 Å². The molecule has 150 valence electrons. The third-order valence-corrected chi connectivity index (χ3v) is 4.65. The number of carbonyl (C=O) groups excluding carboxylic acids is 1. The van der Waals surface area contributed by atoms with Crippen molar-refractivity contribution in [3.05, 3.63) is 66.9 Å². The lowest BCUT2D eigenvalue weighted by Crippen LogP contribution is -2.05. The summed E-state index contributed by atoms with van der Waals surface area (Å²) in [6.45, 7) is 4.73. The molecule has 2 aromatic carbocycles. The molecule has 0 N–H and O–H groups in total. The average Bonchev–Trinajstić information content (AvgIpc) is 3.05.